The Kier molecular flexibility index (Phi) is 5.84. The zero-order chi connectivity index (χ0) is 20.1. The molecule has 150 valence electrons. The van der Waals surface area contributed by atoms with Crippen molar-refractivity contribution in [3.8, 4) is 0 Å². The molecule has 0 atom stereocenters. The number of nitrogens with one attached hydrogen (secondary N) is 1. The number of hydrogen-bond acceptors (Lipinski definition) is 4. The van der Waals surface area contributed by atoms with Crippen molar-refractivity contribution in [2.24, 2.45) is 0 Å². The Morgan fingerprint density at radius 2 is 1.76 bits per heavy atom. The number of benzene rings is 1. The van der Waals surface area contributed by atoms with Crippen LogP contribution in [0.4, 0.5) is 0 Å². The van der Waals surface area contributed by atoms with E-state index in [1.165, 1.54) is 0 Å². The molecule has 1 N–H and O–H groups in total. The van der Waals surface area contributed by atoms with Crippen LogP contribution >= 0.6 is 0 Å². The van der Waals surface area contributed by atoms with Crippen LogP contribution in [0.15, 0.2) is 54.7 Å². The normalized spacial score (nSPS) is 14.8. The third kappa shape index (κ3) is 4.62. The van der Waals surface area contributed by atoms with Gasteiger partial charge < -0.3 is 10.2 Å². The lowest BCUT2D eigenvalue weighted by molar-refractivity contribution is -0.132. The Balaban J connectivity index is 1.21. The van der Waals surface area contributed by atoms with E-state index in [1.807, 2.05) is 64.0 Å². The molecule has 1 saturated heterocycles. The van der Waals surface area contributed by atoms with Crippen molar-refractivity contribution < 1.29 is 9.59 Å². The number of amides is 2. The fraction of sp³-hybridized carbons (Fsp3) is 0.364. The first-order valence-electron chi connectivity index (χ1n) is 10.1. The summed E-state index contributed by atoms with van der Waals surface area (Å²) in [6.45, 7) is 1.80. The lowest BCUT2D eigenvalue weighted by Crippen LogP contribution is -2.40. The number of nitrogens with zero attached hydrogens (tertiary/aromatic N) is 4. The molecular formula is C22H25N5O2. The topological polar surface area (TPSA) is 79.6 Å². The summed E-state index contributed by atoms with van der Waals surface area (Å²) >= 11 is 0. The molecule has 7 heteroatoms. The predicted molar refractivity (Wildman–Crippen MR) is 109 cm³/mol. The van der Waals surface area contributed by atoms with E-state index in [2.05, 4.69) is 15.5 Å². The Hall–Kier alpha value is -3.22. The second kappa shape index (κ2) is 8.86. The van der Waals surface area contributed by atoms with Gasteiger partial charge in [-0.1, -0.05) is 36.4 Å². The molecule has 1 fully saturated rings. The number of hydrogen-bond donors (Lipinski definition) is 1. The molecule has 0 spiro atoms. The second-order valence-corrected chi connectivity index (χ2v) is 7.40. The summed E-state index contributed by atoms with van der Waals surface area (Å²) in [5.41, 5.74) is 1.83. The summed E-state index contributed by atoms with van der Waals surface area (Å²) in [6.07, 6.45) is 4.41. The van der Waals surface area contributed by atoms with E-state index in [0.29, 0.717) is 38.4 Å². The zero-order valence-electron chi connectivity index (χ0n) is 16.3. The average Bonchev–Trinajstić information content (AvgIpc) is 3.19. The van der Waals surface area contributed by atoms with E-state index in [-0.39, 0.29) is 11.8 Å². The number of carbonyl (C=O) groups is 2. The van der Waals surface area contributed by atoms with Crippen LogP contribution in [0.3, 0.4) is 0 Å². The van der Waals surface area contributed by atoms with Gasteiger partial charge >= 0.3 is 0 Å². The van der Waals surface area contributed by atoms with Crippen LogP contribution in [0, 0.1) is 0 Å². The van der Waals surface area contributed by atoms with Gasteiger partial charge in [0, 0.05) is 38.2 Å². The summed E-state index contributed by atoms with van der Waals surface area (Å²) in [5, 5.41) is 11.4. The average molecular weight is 391 g/mol. The van der Waals surface area contributed by atoms with Crippen LogP contribution in [0.5, 0.6) is 0 Å². The van der Waals surface area contributed by atoms with Crippen molar-refractivity contribution in [1.82, 2.24) is 24.8 Å². The van der Waals surface area contributed by atoms with Crippen molar-refractivity contribution >= 4 is 17.5 Å². The second-order valence-electron chi connectivity index (χ2n) is 7.40. The van der Waals surface area contributed by atoms with Crippen molar-refractivity contribution in [2.75, 3.05) is 19.6 Å². The fourth-order valence-corrected chi connectivity index (χ4v) is 3.84. The summed E-state index contributed by atoms with van der Waals surface area (Å²) in [7, 11) is 0. The number of rotatable bonds is 6. The van der Waals surface area contributed by atoms with Crippen LogP contribution in [0.1, 0.15) is 36.6 Å². The van der Waals surface area contributed by atoms with Crippen LogP contribution in [0.2, 0.25) is 0 Å². The summed E-state index contributed by atoms with van der Waals surface area (Å²) in [4.78, 5) is 26.4. The summed E-state index contributed by atoms with van der Waals surface area (Å²) in [5.74, 6) is 1.32. The maximum Gasteiger partial charge on any atom is 0.224 e. The Bertz CT molecular complexity index is 977. The van der Waals surface area contributed by atoms with Crippen molar-refractivity contribution in [2.45, 2.75) is 31.6 Å². The predicted octanol–water partition coefficient (Wildman–Crippen LogP) is 2.18. The van der Waals surface area contributed by atoms with Gasteiger partial charge in [0.1, 0.15) is 5.82 Å². The van der Waals surface area contributed by atoms with Crippen LogP contribution in [-0.2, 0) is 16.0 Å². The van der Waals surface area contributed by atoms with Crippen LogP contribution in [0.25, 0.3) is 5.65 Å². The van der Waals surface area contributed by atoms with Gasteiger partial charge in [-0.25, -0.2) is 0 Å². The van der Waals surface area contributed by atoms with Gasteiger partial charge in [0.05, 0.1) is 6.42 Å². The molecule has 0 saturated carbocycles. The molecular weight excluding hydrogens is 366 g/mol. The zero-order valence-corrected chi connectivity index (χ0v) is 16.3. The highest BCUT2D eigenvalue weighted by Gasteiger charge is 2.26. The highest BCUT2D eigenvalue weighted by Crippen LogP contribution is 2.27. The molecule has 0 radical (unpaired) electrons. The molecule has 0 aliphatic carbocycles. The van der Waals surface area contributed by atoms with E-state index in [0.717, 1.165) is 29.9 Å². The number of likely N-dealkylation sites (tertiary alicyclic amines) is 1. The smallest absolute Gasteiger partial charge is 0.224 e. The monoisotopic (exact) mass is 391 g/mol. The summed E-state index contributed by atoms with van der Waals surface area (Å²) < 4.78 is 2.03. The standard InChI is InChI=1S/C22H25N5O2/c28-20(16-17-6-2-1-3-7-17)23-12-9-21(29)26-14-10-18(11-15-26)22-25-24-19-8-4-5-13-27(19)22/h1-8,13,18H,9-12,14-16H2,(H,23,28). The lowest BCUT2D eigenvalue weighted by Gasteiger charge is -2.31. The highest BCUT2D eigenvalue weighted by atomic mass is 16.2. The van der Waals surface area contributed by atoms with Gasteiger partial charge in [-0.05, 0) is 30.5 Å². The Morgan fingerprint density at radius 1 is 1.00 bits per heavy atom. The first-order chi connectivity index (χ1) is 14.2. The lowest BCUT2D eigenvalue weighted by atomic mass is 9.95. The molecule has 2 amide bonds. The minimum Gasteiger partial charge on any atom is -0.355 e. The molecule has 4 rings (SSSR count). The van der Waals surface area contributed by atoms with E-state index in [1.54, 1.807) is 0 Å². The van der Waals surface area contributed by atoms with Crippen molar-refractivity contribution in [3.63, 3.8) is 0 Å². The van der Waals surface area contributed by atoms with Gasteiger partial charge in [0.25, 0.3) is 0 Å². The Morgan fingerprint density at radius 3 is 2.55 bits per heavy atom. The highest BCUT2D eigenvalue weighted by molar-refractivity contribution is 5.80. The molecule has 1 aromatic carbocycles. The van der Waals surface area contributed by atoms with Gasteiger partial charge in [-0.3, -0.25) is 14.0 Å². The number of fused-ring (bicyclic) bond motifs is 1. The number of aromatic nitrogens is 3. The van der Waals surface area contributed by atoms with Crippen molar-refractivity contribution in [3.05, 3.63) is 66.1 Å². The minimum absolute atomic E-state index is 0.0543. The van der Waals surface area contributed by atoms with Crippen LogP contribution in [-0.4, -0.2) is 50.9 Å². The van der Waals surface area contributed by atoms with Crippen molar-refractivity contribution in [1.29, 1.82) is 0 Å². The molecule has 7 nitrogen and oxygen atoms in total. The van der Waals surface area contributed by atoms with E-state index >= 15 is 0 Å². The van der Waals surface area contributed by atoms with Gasteiger partial charge in [-0.2, -0.15) is 0 Å². The van der Waals surface area contributed by atoms with Crippen LogP contribution < -0.4 is 5.32 Å². The third-order valence-electron chi connectivity index (χ3n) is 5.42. The molecule has 2 aromatic heterocycles. The molecule has 1 aliphatic heterocycles. The minimum atomic E-state index is -0.0543. The van der Waals surface area contributed by atoms with E-state index in [9.17, 15) is 9.59 Å². The molecule has 3 heterocycles. The van der Waals surface area contributed by atoms with E-state index in [4.69, 9.17) is 0 Å². The fourth-order valence-electron chi connectivity index (χ4n) is 3.84. The maximum atomic E-state index is 12.5. The number of pyridine rings is 1. The molecule has 1 aliphatic rings. The number of carbonyl (C=O) groups excluding carboxylic acids is 2. The SMILES string of the molecule is O=C(Cc1ccccc1)NCCC(=O)N1CCC(c2nnc3ccccn23)CC1. The molecule has 0 bridgehead atoms. The molecule has 0 unspecified atom stereocenters. The number of piperidine rings is 1. The largest absolute Gasteiger partial charge is 0.355 e. The third-order valence-corrected chi connectivity index (χ3v) is 5.42. The van der Waals surface area contributed by atoms with Gasteiger partial charge in [0.2, 0.25) is 11.8 Å². The van der Waals surface area contributed by atoms with Gasteiger partial charge in [0.15, 0.2) is 5.65 Å². The first-order valence-corrected chi connectivity index (χ1v) is 10.1. The summed E-state index contributed by atoms with van der Waals surface area (Å²) in [6, 6.07) is 15.5. The molecule has 3 aromatic rings. The quantitative estimate of drug-likeness (QED) is 0.699. The first kappa shape index (κ1) is 19.1. The van der Waals surface area contributed by atoms with E-state index < -0.39 is 0 Å². The maximum absolute atomic E-state index is 12.5. The Labute approximate surface area is 169 Å². The molecule has 29 heavy (non-hydrogen) atoms. The van der Waals surface area contributed by atoms with Gasteiger partial charge in [-0.15, -0.1) is 10.2 Å².